The molecule has 0 aliphatic carbocycles. The van der Waals surface area contributed by atoms with Crippen LogP contribution in [0.15, 0.2) is 12.3 Å². The summed E-state index contributed by atoms with van der Waals surface area (Å²) >= 11 is 2.05. The summed E-state index contributed by atoms with van der Waals surface area (Å²) < 4.78 is 2.33. The van der Waals surface area contributed by atoms with E-state index < -0.39 is 0 Å². The molecule has 0 aliphatic heterocycles. The normalized spacial score (nSPS) is 13.7. The van der Waals surface area contributed by atoms with Gasteiger partial charge in [-0.15, -0.1) is 0 Å². The lowest BCUT2D eigenvalue weighted by atomic mass is 10.1. The van der Waals surface area contributed by atoms with Gasteiger partial charge < -0.3 is 5.32 Å². The molecule has 1 unspecified atom stereocenters. The fourth-order valence-corrected chi connectivity index (χ4v) is 2.90. The van der Waals surface area contributed by atoms with Crippen LogP contribution in [0.5, 0.6) is 0 Å². The van der Waals surface area contributed by atoms with Gasteiger partial charge in [0.25, 0.3) is 0 Å². The molecule has 0 amide bonds. The summed E-state index contributed by atoms with van der Waals surface area (Å²) in [5.74, 6) is 1.18. The van der Waals surface area contributed by atoms with Crippen LogP contribution in [-0.2, 0) is 13.5 Å². The number of nitrogens with one attached hydrogen (secondary N) is 1. The first-order valence-electron chi connectivity index (χ1n) is 7.26. The van der Waals surface area contributed by atoms with Crippen LogP contribution in [0.2, 0.25) is 0 Å². The summed E-state index contributed by atoms with van der Waals surface area (Å²) in [5, 5.41) is 7.91. The van der Waals surface area contributed by atoms with E-state index in [4.69, 9.17) is 0 Å². The third kappa shape index (κ3) is 7.02. The molecule has 19 heavy (non-hydrogen) atoms. The predicted molar refractivity (Wildman–Crippen MR) is 85.8 cm³/mol. The minimum Gasteiger partial charge on any atom is -0.313 e. The molecule has 1 N–H and O–H groups in total. The summed E-state index contributed by atoms with van der Waals surface area (Å²) in [5.41, 5.74) is 1.32. The number of thioether (sulfide) groups is 1. The molecule has 4 heteroatoms. The van der Waals surface area contributed by atoms with Gasteiger partial charge in [-0.25, -0.2) is 0 Å². The van der Waals surface area contributed by atoms with Gasteiger partial charge in [0.05, 0.1) is 0 Å². The average Bonchev–Trinajstić information content (AvgIpc) is 2.73. The second kappa shape index (κ2) is 7.95. The molecule has 0 radical (unpaired) electrons. The molecule has 0 fully saturated rings. The molecule has 110 valence electrons. The highest BCUT2D eigenvalue weighted by molar-refractivity contribution is 8.00. The standard InChI is InChI=1S/C15H29N3S/c1-6-10-16-13(12-19-15(2,3)4)7-8-14-9-11-17-18(14)5/h9,11,13,16H,6-8,10,12H2,1-5H3. The van der Waals surface area contributed by atoms with Gasteiger partial charge >= 0.3 is 0 Å². The minimum atomic E-state index is 0.346. The highest BCUT2D eigenvalue weighted by Gasteiger charge is 2.15. The zero-order valence-electron chi connectivity index (χ0n) is 13.1. The van der Waals surface area contributed by atoms with Crippen LogP contribution in [0.3, 0.4) is 0 Å². The van der Waals surface area contributed by atoms with E-state index in [1.807, 2.05) is 29.7 Å². The maximum Gasteiger partial charge on any atom is 0.0492 e. The van der Waals surface area contributed by atoms with Crippen LogP contribution in [0.25, 0.3) is 0 Å². The summed E-state index contributed by atoms with van der Waals surface area (Å²) in [7, 11) is 2.02. The number of rotatable bonds is 8. The van der Waals surface area contributed by atoms with Gasteiger partial charge in [0.1, 0.15) is 0 Å². The van der Waals surface area contributed by atoms with Crippen molar-refractivity contribution in [3.63, 3.8) is 0 Å². The van der Waals surface area contributed by atoms with E-state index in [1.54, 1.807) is 0 Å². The summed E-state index contributed by atoms with van der Waals surface area (Å²) in [4.78, 5) is 0. The van der Waals surface area contributed by atoms with Crippen molar-refractivity contribution in [1.82, 2.24) is 15.1 Å². The van der Waals surface area contributed by atoms with Gasteiger partial charge in [-0.3, -0.25) is 4.68 Å². The highest BCUT2D eigenvalue weighted by atomic mass is 32.2. The number of hydrogen-bond acceptors (Lipinski definition) is 3. The third-order valence-corrected chi connectivity index (χ3v) is 4.51. The molecule has 0 bridgehead atoms. The Balaban J connectivity index is 2.42. The molecule has 0 aromatic carbocycles. The van der Waals surface area contributed by atoms with E-state index in [1.165, 1.54) is 24.3 Å². The number of hydrogen-bond donors (Lipinski definition) is 1. The lowest BCUT2D eigenvalue weighted by Gasteiger charge is -2.24. The second-order valence-electron chi connectivity index (χ2n) is 6.06. The first kappa shape index (κ1) is 16.6. The molecule has 0 aliphatic rings. The molecule has 1 rings (SSSR count). The van der Waals surface area contributed by atoms with Crippen molar-refractivity contribution in [1.29, 1.82) is 0 Å². The predicted octanol–water partition coefficient (Wildman–Crippen LogP) is 3.25. The number of aryl methyl sites for hydroxylation is 2. The molecule has 1 aromatic heterocycles. The Kier molecular flexibility index (Phi) is 6.94. The van der Waals surface area contributed by atoms with Gasteiger partial charge in [-0.2, -0.15) is 16.9 Å². The van der Waals surface area contributed by atoms with Crippen LogP contribution >= 0.6 is 11.8 Å². The zero-order chi connectivity index (χ0) is 14.3. The molecule has 1 heterocycles. The van der Waals surface area contributed by atoms with Crippen LogP contribution in [0, 0.1) is 0 Å². The van der Waals surface area contributed by atoms with E-state index >= 15 is 0 Å². The summed E-state index contributed by atoms with van der Waals surface area (Å²) in [6.45, 7) is 10.2. The molecule has 0 spiro atoms. The Morgan fingerprint density at radius 1 is 1.42 bits per heavy atom. The summed E-state index contributed by atoms with van der Waals surface area (Å²) in [6, 6.07) is 2.72. The Bertz CT molecular complexity index is 355. The lowest BCUT2D eigenvalue weighted by Crippen LogP contribution is -2.34. The van der Waals surface area contributed by atoms with Gasteiger partial charge in [0.15, 0.2) is 0 Å². The van der Waals surface area contributed by atoms with E-state index in [9.17, 15) is 0 Å². The highest BCUT2D eigenvalue weighted by Crippen LogP contribution is 2.24. The van der Waals surface area contributed by atoms with Crippen LogP contribution in [-0.4, -0.2) is 32.9 Å². The minimum absolute atomic E-state index is 0.346. The van der Waals surface area contributed by atoms with Crippen molar-refractivity contribution in [2.45, 2.75) is 57.7 Å². The van der Waals surface area contributed by atoms with Crippen LogP contribution < -0.4 is 5.32 Å². The van der Waals surface area contributed by atoms with Crippen molar-refractivity contribution >= 4 is 11.8 Å². The largest absolute Gasteiger partial charge is 0.313 e. The van der Waals surface area contributed by atoms with Gasteiger partial charge in [-0.05, 0) is 31.9 Å². The van der Waals surface area contributed by atoms with E-state index in [-0.39, 0.29) is 0 Å². The molecular formula is C15H29N3S. The van der Waals surface area contributed by atoms with E-state index in [0.29, 0.717) is 10.8 Å². The number of nitrogens with zero attached hydrogens (tertiary/aromatic N) is 2. The topological polar surface area (TPSA) is 29.9 Å². The van der Waals surface area contributed by atoms with Gasteiger partial charge in [0.2, 0.25) is 0 Å². The van der Waals surface area contributed by atoms with Gasteiger partial charge in [-0.1, -0.05) is 27.7 Å². The van der Waals surface area contributed by atoms with Crippen molar-refractivity contribution in [3.8, 4) is 0 Å². The molecule has 0 saturated heterocycles. The van der Waals surface area contributed by atoms with Crippen molar-refractivity contribution in [2.75, 3.05) is 12.3 Å². The Labute approximate surface area is 122 Å². The van der Waals surface area contributed by atoms with E-state index in [0.717, 1.165) is 13.0 Å². The van der Waals surface area contributed by atoms with Crippen molar-refractivity contribution in [3.05, 3.63) is 18.0 Å². The fraction of sp³-hybridized carbons (Fsp3) is 0.800. The summed E-state index contributed by atoms with van der Waals surface area (Å²) in [6.07, 6.45) is 5.36. The first-order valence-corrected chi connectivity index (χ1v) is 8.25. The smallest absolute Gasteiger partial charge is 0.0492 e. The molecule has 0 saturated carbocycles. The van der Waals surface area contributed by atoms with Crippen LogP contribution in [0.4, 0.5) is 0 Å². The Morgan fingerprint density at radius 3 is 2.68 bits per heavy atom. The first-order chi connectivity index (χ1) is 8.92. The monoisotopic (exact) mass is 283 g/mol. The SMILES string of the molecule is CCCNC(CCc1ccnn1C)CSC(C)(C)C. The van der Waals surface area contributed by atoms with Gasteiger partial charge in [0, 0.05) is 35.5 Å². The fourth-order valence-electron chi connectivity index (χ4n) is 1.91. The van der Waals surface area contributed by atoms with Crippen molar-refractivity contribution in [2.24, 2.45) is 7.05 Å². The lowest BCUT2D eigenvalue weighted by molar-refractivity contribution is 0.510. The Morgan fingerprint density at radius 2 is 2.16 bits per heavy atom. The second-order valence-corrected chi connectivity index (χ2v) is 7.91. The zero-order valence-corrected chi connectivity index (χ0v) is 13.9. The van der Waals surface area contributed by atoms with Crippen LogP contribution in [0.1, 0.15) is 46.2 Å². The molecule has 1 aromatic rings. The molecular weight excluding hydrogens is 254 g/mol. The maximum atomic E-state index is 4.23. The Hall–Kier alpha value is -0.480. The van der Waals surface area contributed by atoms with Crippen molar-refractivity contribution < 1.29 is 0 Å². The average molecular weight is 283 g/mol. The maximum absolute atomic E-state index is 4.23. The quantitative estimate of drug-likeness (QED) is 0.794. The number of aromatic nitrogens is 2. The van der Waals surface area contributed by atoms with E-state index in [2.05, 4.69) is 44.2 Å². The molecule has 1 atom stereocenters. The third-order valence-electron chi connectivity index (χ3n) is 3.07. The molecule has 3 nitrogen and oxygen atoms in total.